The lowest BCUT2D eigenvalue weighted by Gasteiger charge is -2.30. The van der Waals surface area contributed by atoms with Gasteiger partial charge < -0.3 is 14.6 Å². The van der Waals surface area contributed by atoms with Crippen LogP contribution in [0.2, 0.25) is 0 Å². The van der Waals surface area contributed by atoms with Gasteiger partial charge in [0.05, 0.1) is 14.2 Å². The summed E-state index contributed by atoms with van der Waals surface area (Å²) in [5.41, 5.74) is 1.04. The largest absolute Gasteiger partial charge is 0.493 e. The number of aliphatic carboxylic acids is 1. The van der Waals surface area contributed by atoms with Crippen LogP contribution in [0.3, 0.4) is 0 Å². The molecule has 5 heteroatoms. The van der Waals surface area contributed by atoms with Gasteiger partial charge in [-0.3, -0.25) is 9.69 Å². The van der Waals surface area contributed by atoms with E-state index in [0.717, 1.165) is 18.5 Å². The molecule has 1 saturated heterocycles. The summed E-state index contributed by atoms with van der Waals surface area (Å²) in [7, 11) is 3.20. The maximum absolute atomic E-state index is 11.5. The molecule has 0 bridgehead atoms. The van der Waals surface area contributed by atoms with Crippen LogP contribution in [-0.2, 0) is 4.79 Å². The molecule has 5 nitrogen and oxygen atoms in total. The quantitative estimate of drug-likeness (QED) is 0.904. The minimum atomic E-state index is -0.743. The predicted molar refractivity (Wildman–Crippen MR) is 79.9 cm³/mol. The number of hydrogen-bond acceptors (Lipinski definition) is 4. The number of carboxylic acids is 1. The number of methoxy groups -OCH3 is 2. The van der Waals surface area contributed by atoms with Gasteiger partial charge in [0.2, 0.25) is 0 Å². The third kappa shape index (κ3) is 2.97. The molecule has 0 radical (unpaired) electrons. The van der Waals surface area contributed by atoms with E-state index in [1.807, 2.05) is 36.9 Å². The molecule has 3 unspecified atom stereocenters. The summed E-state index contributed by atoms with van der Waals surface area (Å²) in [4.78, 5) is 13.5. The minimum absolute atomic E-state index is 0.0239. The van der Waals surface area contributed by atoms with Crippen molar-refractivity contribution >= 4 is 5.97 Å². The van der Waals surface area contributed by atoms with Crippen molar-refractivity contribution in [2.45, 2.75) is 32.4 Å². The first kappa shape index (κ1) is 15.6. The van der Waals surface area contributed by atoms with E-state index >= 15 is 0 Å². The fraction of sp³-hybridized carbons (Fsp3) is 0.562. The van der Waals surface area contributed by atoms with Crippen LogP contribution in [-0.4, -0.2) is 42.8 Å². The second-order valence-electron chi connectivity index (χ2n) is 5.58. The second kappa shape index (κ2) is 6.35. The second-order valence-corrected chi connectivity index (χ2v) is 5.58. The first-order chi connectivity index (χ1) is 9.99. The summed E-state index contributed by atoms with van der Waals surface area (Å²) in [6.45, 7) is 4.84. The van der Waals surface area contributed by atoms with Crippen LogP contribution in [0.4, 0.5) is 0 Å². The molecule has 21 heavy (non-hydrogen) atoms. The van der Waals surface area contributed by atoms with E-state index in [1.165, 1.54) is 0 Å². The number of likely N-dealkylation sites (tertiary alicyclic amines) is 1. The molecule has 1 fully saturated rings. The van der Waals surface area contributed by atoms with Crippen molar-refractivity contribution in [1.29, 1.82) is 0 Å². The molecule has 0 spiro atoms. The smallest absolute Gasteiger partial charge is 0.321 e. The molecule has 1 heterocycles. The highest BCUT2D eigenvalue weighted by molar-refractivity contribution is 5.74. The van der Waals surface area contributed by atoms with Gasteiger partial charge in [-0.05, 0) is 43.5 Å². The predicted octanol–water partition coefficient (Wildman–Crippen LogP) is 2.56. The van der Waals surface area contributed by atoms with Gasteiger partial charge >= 0.3 is 5.97 Å². The molecule has 3 atom stereocenters. The number of carboxylic acid groups (broad SMARTS) is 1. The molecule has 1 aliphatic rings. The molecule has 0 aromatic heterocycles. The van der Waals surface area contributed by atoms with Crippen molar-refractivity contribution in [2.24, 2.45) is 5.92 Å². The van der Waals surface area contributed by atoms with Crippen LogP contribution >= 0.6 is 0 Å². The van der Waals surface area contributed by atoms with Crippen LogP contribution in [0.15, 0.2) is 18.2 Å². The fourth-order valence-corrected chi connectivity index (χ4v) is 3.10. The molecule has 116 valence electrons. The Morgan fingerprint density at radius 2 is 2.00 bits per heavy atom. The highest BCUT2D eigenvalue weighted by atomic mass is 16.5. The Hall–Kier alpha value is -1.75. The van der Waals surface area contributed by atoms with Gasteiger partial charge in [0, 0.05) is 6.04 Å². The van der Waals surface area contributed by atoms with E-state index in [9.17, 15) is 9.90 Å². The minimum Gasteiger partial charge on any atom is -0.493 e. The van der Waals surface area contributed by atoms with Crippen molar-refractivity contribution in [3.8, 4) is 11.5 Å². The van der Waals surface area contributed by atoms with E-state index in [-0.39, 0.29) is 12.0 Å². The summed E-state index contributed by atoms with van der Waals surface area (Å²) in [5, 5.41) is 9.45. The van der Waals surface area contributed by atoms with Gasteiger partial charge in [0.25, 0.3) is 0 Å². The number of rotatable bonds is 5. The number of ether oxygens (including phenoxy) is 2. The topological polar surface area (TPSA) is 59.0 Å². The van der Waals surface area contributed by atoms with E-state index < -0.39 is 12.0 Å². The highest BCUT2D eigenvalue weighted by Gasteiger charge is 2.39. The third-order valence-electron chi connectivity index (χ3n) is 4.38. The number of benzene rings is 1. The van der Waals surface area contributed by atoms with Crippen molar-refractivity contribution < 1.29 is 19.4 Å². The van der Waals surface area contributed by atoms with E-state index in [2.05, 4.69) is 0 Å². The normalized spacial score (nSPS) is 23.8. The van der Waals surface area contributed by atoms with Gasteiger partial charge in [-0.15, -0.1) is 0 Å². The SMILES string of the molecule is COc1ccc(C(C)N2CCC(C)C2C(=O)O)cc1OC. The van der Waals surface area contributed by atoms with Crippen LogP contribution in [0.1, 0.15) is 31.9 Å². The highest BCUT2D eigenvalue weighted by Crippen LogP contribution is 2.36. The molecular formula is C16H23NO4. The lowest BCUT2D eigenvalue weighted by molar-refractivity contribution is -0.144. The first-order valence-corrected chi connectivity index (χ1v) is 7.20. The van der Waals surface area contributed by atoms with Crippen molar-refractivity contribution in [2.75, 3.05) is 20.8 Å². The Morgan fingerprint density at radius 1 is 1.33 bits per heavy atom. The summed E-state index contributed by atoms with van der Waals surface area (Å²) in [6, 6.07) is 5.35. The average Bonchev–Trinajstić information content (AvgIpc) is 2.87. The number of hydrogen-bond donors (Lipinski definition) is 1. The zero-order valence-corrected chi connectivity index (χ0v) is 13.0. The summed E-state index contributed by atoms with van der Waals surface area (Å²) >= 11 is 0. The monoisotopic (exact) mass is 293 g/mol. The molecule has 0 saturated carbocycles. The number of nitrogens with zero attached hydrogens (tertiary/aromatic N) is 1. The molecule has 2 rings (SSSR count). The van der Waals surface area contributed by atoms with Crippen LogP contribution in [0, 0.1) is 5.92 Å². The standard InChI is InChI=1S/C16H23NO4/c1-10-7-8-17(15(10)16(18)19)11(2)12-5-6-13(20-3)14(9-12)21-4/h5-6,9-11,15H,7-8H2,1-4H3,(H,18,19). The number of carbonyl (C=O) groups is 1. The van der Waals surface area contributed by atoms with Crippen molar-refractivity contribution in [3.63, 3.8) is 0 Å². The maximum Gasteiger partial charge on any atom is 0.321 e. The molecule has 0 amide bonds. The van der Waals surface area contributed by atoms with Gasteiger partial charge in [-0.25, -0.2) is 0 Å². The van der Waals surface area contributed by atoms with E-state index in [0.29, 0.717) is 11.5 Å². The fourth-order valence-electron chi connectivity index (χ4n) is 3.10. The lowest BCUT2D eigenvalue weighted by Crippen LogP contribution is -2.40. The van der Waals surface area contributed by atoms with Gasteiger partial charge in [0.15, 0.2) is 11.5 Å². The van der Waals surface area contributed by atoms with Gasteiger partial charge in [-0.2, -0.15) is 0 Å². The molecular weight excluding hydrogens is 270 g/mol. The van der Waals surface area contributed by atoms with Gasteiger partial charge in [-0.1, -0.05) is 13.0 Å². The summed E-state index contributed by atoms with van der Waals surface area (Å²) in [6.07, 6.45) is 0.911. The van der Waals surface area contributed by atoms with Crippen molar-refractivity contribution in [3.05, 3.63) is 23.8 Å². The summed E-state index contributed by atoms with van der Waals surface area (Å²) in [5.74, 6) is 0.774. The molecule has 1 aromatic rings. The average molecular weight is 293 g/mol. The molecule has 1 aromatic carbocycles. The third-order valence-corrected chi connectivity index (χ3v) is 4.38. The molecule has 1 N–H and O–H groups in total. The Bertz CT molecular complexity index is 517. The maximum atomic E-state index is 11.5. The zero-order valence-electron chi connectivity index (χ0n) is 13.0. The Labute approximate surface area is 125 Å². The van der Waals surface area contributed by atoms with E-state index in [4.69, 9.17) is 9.47 Å². The zero-order chi connectivity index (χ0) is 15.6. The molecule has 1 aliphatic heterocycles. The van der Waals surface area contributed by atoms with Crippen LogP contribution in [0.5, 0.6) is 11.5 Å². The lowest BCUT2D eigenvalue weighted by atomic mass is 10.0. The Kier molecular flexibility index (Phi) is 4.73. The van der Waals surface area contributed by atoms with Gasteiger partial charge in [0.1, 0.15) is 6.04 Å². The van der Waals surface area contributed by atoms with Crippen molar-refractivity contribution in [1.82, 2.24) is 4.90 Å². The first-order valence-electron chi connectivity index (χ1n) is 7.20. The van der Waals surface area contributed by atoms with Crippen LogP contribution in [0.25, 0.3) is 0 Å². The Balaban J connectivity index is 2.27. The summed E-state index contributed by atoms with van der Waals surface area (Å²) < 4.78 is 10.6. The van der Waals surface area contributed by atoms with Crippen LogP contribution < -0.4 is 9.47 Å². The Morgan fingerprint density at radius 3 is 2.57 bits per heavy atom. The van der Waals surface area contributed by atoms with E-state index in [1.54, 1.807) is 14.2 Å². The molecule has 0 aliphatic carbocycles.